The molecule has 0 aliphatic rings. The van der Waals surface area contributed by atoms with Gasteiger partial charge in [-0.05, 0) is 6.07 Å². The van der Waals surface area contributed by atoms with Gasteiger partial charge in [-0.25, -0.2) is 0 Å². The summed E-state index contributed by atoms with van der Waals surface area (Å²) in [7, 11) is 1.30. The lowest BCUT2D eigenvalue weighted by atomic mass is 10.2. The monoisotopic (exact) mass is 234 g/mol. The first-order valence-corrected chi connectivity index (χ1v) is 4.64. The van der Waals surface area contributed by atoms with Crippen LogP contribution in [0.15, 0.2) is 18.2 Å². The van der Waals surface area contributed by atoms with Gasteiger partial charge in [-0.1, -0.05) is 5.92 Å². The molecule has 6 heteroatoms. The van der Waals surface area contributed by atoms with Gasteiger partial charge in [-0.15, -0.1) is 6.42 Å². The predicted octanol–water partition coefficient (Wildman–Crippen LogP) is 0.966. The van der Waals surface area contributed by atoms with Crippen LogP contribution >= 0.6 is 0 Å². The van der Waals surface area contributed by atoms with Crippen molar-refractivity contribution >= 4 is 11.6 Å². The van der Waals surface area contributed by atoms with Gasteiger partial charge in [-0.3, -0.25) is 14.9 Å². The molecule has 1 rings (SSSR count). The summed E-state index contributed by atoms with van der Waals surface area (Å²) in [6.45, 7) is 0.0954. The zero-order valence-electron chi connectivity index (χ0n) is 9.10. The van der Waals surface area contributed by atoms with Gasteiger partial charge in [0.05, 0.1) is 18.6 Å². The number of methoxy groups -OCH3 is 1. The number of hydrogen-bond donors (Lipinski definition) is 1. The lowest BCUT2D eigenvalue weighted by Crippen LogP contribution is -2.23. The number of carbonyl (C=O) groups excluding carboxylic acids is 1. The standard InChI is InChI=1S/C11H10N2O4/c1-3-6-12-11(14)8-4-5-9(13(15)16)10(7-8)17-2/h1,4-5,7H,6H2,2H3,(H,12,14). The number of nitro groups is 1. The second kappa shape index (κ2) is 5.51. The second-order valence-electron chi connectivity index (χ2n) is 3.03. The molecule has 0 aliphatic heterocycles. The first-order chi connectivity index (χ1) is 8.10. The molecule has 0 radical (unpaired) electrons. The molecule has 0 saturated carbocycles. The van der Waals surface area contributed by atoms with E-state index in [-0.39, 0.29) is 23.5 Å². The summed E-state index contributed by atoms with van der Waals surface area (Å²) in [5.41, 5.74) is 0.0590. The van der Waals surface area contributed by atoms with Crippen LogP contribution in [0.5, 0.6) is 5.75 Å². The smallest absolute Gasteiger partial charge is 0.310 e. The topological polar surface area (TPSA) is 81.5 Å². The molecule has 0 bridgehead atoms. The van der Waals surface area contributed by atoms with Crippen LogP contribution in [0.4, 0.5) is 5.69 Å². The number of nitrogens with zero attached hydrogens (tertiary/aromatic N) is 1. The van der Waals surface area contributed by atoms with E-state index in [2.05, 4.69) is 11.2 Å². The third-order valence-electron chi connectivity index (χ3n) is 1.99. The molecule has 0 spiro atoms. The Bertz CT molecular complexity index is 491. The van der Waals surface area contributed by atoms with Gasteiger partial charge >= 0.3 is 5.69 Å². The Labute approximate surface area is 97.7 Å². The maximum Gasteiger partial charge on any atom is 0.310 e. The van der Waals surface area contributed by atoms with Gasteiger partial charge in [0, 0.05) is 17.7 Å². The van der Waals surface area contributed by atoms with Crippen molar-refractivity contribution in [2.75, 3.05) is 13.7 Å². The van der Waals surface area contributed by atoms with Crippen molar-refractivity contribution in [1.82, 2.24) is 5.32 Å². The van der Waals surface area contributed by atoms with Crippen LogP contribution in [0.3, 0.4) is 0 Å². The number of benzene rings is 1. The van der Waals surface area contributed by atoms with Gasteiger partial charge in [0.2, 0.25) is 0 Å². The molecule has 0 atom stereocenters. The van der Waals surface area contributed by atoms with Crippen molar-refractivity contribution in [3.63, 3.8) is 0 Å². The summed E-state index contributed by atoms with van der Waals surface area (Å²) < 4.78 is 4.84. The molecule has 0 unspecified atom stereocenters. The van der Waals surface area contributed by atoms with E-state index in [4.69, 9.17) is 11.2 Å². The Kier molecular flexibility index (Phi) is 4.06. The van der Waals surface area contributed by atoms with Gasteiger partial charge in [0.1, 0.15) is 0 Å². The largest absolute Gasteiger partial charge is 0.490 e. The van der Waals surface area contributed by atoms with E-state index in [0.717, 1.165) is 0 Å². The number of nitrogens with one attached hydrogen (secondary N) is 1. The molecule has 0 aliphatic carbocycles. The Hall–Kier alpha value is -2.55. The van der Waals surface area contributed by atoms with Gasteiger partial charge < -0.3 is 10.1 Å². The number of rotatable bonds is 4. The van der Waals surface area contributed by atoms with Crippen LogP contribution in [-0.2, 0) is 0 Å². The highest BCUT2D eigenvalue weighted by Gasteiger charge is 2.16. The Morgan fingerprint density at radius 3 is 2.88 bits per heavy atom. The molecule has 1 aromatic rings. The summed E-state index contributed by atoms with van der Waals surface area (Å²) in [4.78, 5) is 21.6. The Balaban J connectivity index is 3.02. The van der Waals surface area contributed by atoms with Crippen LogP contribution < -0.4 is 10.1 Å². The van der Waals surface area contributed by atoms with E-state index in [0.29, 0.717) is 0 Å². The van der Waals surface area contributed by atoms with E-state index in [1.165, 1.54) is 25.3 Å². The molecular weight excluding hydrogens is 224 g/mol. The maximum absolute atomic E-state index is 11.5. The minimum absolute atomic E-state index is 0.0309. The third-order valence-corrected chi connectivity index (χ3v) is 1.99. The molecule has 1 amide bonds. The number of terminal acetylenes is 1. The highest BCUT2D eigenvalue weighted by atomic mass is 16.6. The minimum Gasteiger partial charge on any atom is -0.490 e. The van der Waals surface area contributed by atoms with Crippen molar-refractivity contribution < 1.29 is 14.5 Å². The molecule has 0 saturated heterocycles. The van der Waals surface area contributed by atoms with Crippen molar-refractivity contribution in [2.24, 2.45) is 0 Å². The average Bonchev–Trinajstić information content (AvgIpc) is 2.34. The lowest BCUT2D eigenvalue weighted by molar-refractivity contribution is -0.385. The summed E-state index contributed by atoms with van der Waals surface area (Å²) in [5.74, 6) is 1.88. The molecule has 0 aromatic heterocycles. The summed E-state index contributed by atoms with van der Waals surface area (Å²) in [6, 6.07) is 3.85. The quantitative estimate of drug-likeness (QED) is 0.478. The normalized spacial score (nSPS) is 9.18. The molecule has 17 heavy (non-hydrogen) atoms. The highest BCUT2D eigenvalue weighted by Crippen LogP contribution is 2.27. The van der Waals surface area contributed by atoms with Crippen LogP contribution in [-0.4, -0.2) is 24.5 Å². The summed E-state index contributed by atoms with van der Waals surface area (Å²) in [5, 5.41) is 13.1. The van der Waals surface area contributed by atoms with E-state index in [1.54, 1.807) is 0 Å². The molecule has 0 fully saturated rings. The first-order valence-electron chi connectivity index (χ1n) is 4.64. The van der Waals surface area contributed by atoms with Crippen LogP contribution in [0, 0.1) is 22.5 Å². The zero-order valence-corrected chi connectivity index (χ0v) is 9.10. The van der Waals surface area contributed by atoms with Crippen LogP contribution in [0.25, 0.3) is 0 Å². The number of amides is 1. The van der Waals surface area contributed by atoms with Gasteiger partial charge in [0.15, 0.2) is 5.75 Å². The number of nitro benzene ring substituents is 1. The Morgan fingerprint density at radius 2 is 2.35 bits per heavy atom. The number of ether oxygens (including phenoxy) is 1. The fourth-order valence-corrected chi connectivity index (χ4v) is 1.20. The van der Waals surface area contributed by atoms with Crippen molar-refractivity contribution in [2.45, 2.75) is 0 Å². The second-order valence-corrected chi connectivity index (χ2v) is 3.03. The van der Waals surface area contributed by atoms with Crippen molar-refractivity contribution in [1.29, 1.82) is 0 Å². The molecule has 0 heterocycles. The molecule has 88 valence electrons. The third kappa shape index (κ3) is 2.95. The highest BCUT2D eigenvalue weighted by molar-refractivity contribution is 5.95. The van der Waals surface area contributed by atoms with E-state index < -0.39 is 10.8 Å². The molecular formula is C11H10N2O4. The van der Waals surface area contributed by atoms with Crippen molar-refractivity contribution in [3.05, 3.63) is 33.9 Å². The van der Waals surface area contributed by atoms with E-state index >= 15 is 0 Å². The molecule has 1 aromatic carbocycles. The fraction of sp³-hybridized carbons (Fsp3) is 0.182. The lowest BCUT2D eigenvalue weighted by Gasteiger charge is -2.05. The fourth-order valence-electron chi connectivity index (χ4n) is 1.20. The zero-order chi connectivity index (χ0) is 12.8. The summed E-state index contributed by atoms with van der Waals surface area (Å²) in [6.07, 6.45) is 5.00. The average molecular weight is 234 g/mol. The number of hydrogen-bond acceptors (Lipinski definition) is 4. The molecule has 1 N–H and O–H groups in total. The Morgan fingerprint density at radius 1 is 1.65 bits per heavy atom. The van der Waals surface area contributed by atoms with E-state index in [1.807, 2.05) is 0 Å². The SMILES string of the molecule is C#CCNC(=O)c1ccc([N+](=O)[O-])c(OC)c1. The van der Waals surface area contributed by atoms with Gasteiger partial charge in [-0.2, -0.15) is 0 Å². The molecule has 6 nitrogen and oxygen atoms in total. The van der Waals surface area contributed by atoms with Crippen LogP contribution in [0.2, 0.25) is 0 Å². The van der Waals surface area contributed by atoms with Gasteiger partial charge in [0.25, 0.3) is 5.91 Å². The predicted molar refractivity (Wildman–Crippen MR) is 60.8 cm³/mol. The minimum atomic E-state index is -0.581. The first kappa shape index (κ1) is 12.5. The summed E-state index contributed by atoms with van der Waals surface area (Å²) >= 11 is 0. The van der Waals surface area contributed by atoms with E-state index in [9.17, 15) is 14.9 Å². The maximum atomic E-state index is 11.5. The van der Waals surface area contributed by atoms with Crippen LogP contribution in [0.1, 0.15) is 10.4 Å². The number of carbonyl (C=O) groups is 1. The van der Waals surface area contributed by atoms with Crippen molar-refractivity contribution in [3.8, 4) is 18.1 Å².